The first kappa shape index (κ1) is 13.1. The standard InChI is InChI=1S/C14H14FNO3/c1-8-3-4-12(11(15)5-8)16-7-10-6-13(14(17)18)19-9(10)2/h3-6,16H,7H2,1-2H3,(H,17,18). The third-order valence-corrected chi connectivity index (χ3v) is 2.83. The topological polar surface area (TPSA) is 62.5 Å². The molecule has 0 atom stereocenters. The molecule has 19 heavy (non-hydrogen) atoms. The van der Waals surface area contributed by atoms with Crippen molar-refractivity contribution in [1.82, 2.24) is 0 Å². The highest BCUT2D eigenvalue weighted by Crippen LogP contribution is 2.19. The molecule has 0 spiro atoms. The number of carboxylic acid groups (broad SMARTS) is 1. The summed E-state index contributed by atoms with van der Waals surface area (Å²) in [5, 5.41) is 11.7. The molecule has 5 heteroatoms. The average Bonchev–Trinajstić information content (AvgIpc) is 2.70. The molecule has 0 bridgehead atoms. The molecule has 1 heterocycles. The van der Waals surface area contributed by atoms with Crippen molar-refractivity contribution in [2.75, 3.05) is 5.32 Å². The summed E-state index contributed by atoms with van der Waals surface area (Å²) in [5.74, 6) is -1.05. The van der Waals surface area contributed by atoms with Gasteiger partial charge in [-0.25, -0.2) is 9.18 Å². The van der Waals surface area contributed by atoms with Crippen molar-refractivity contribution < 1.29 is 18.7 Å². The second-order valence-electron chi connectivity index (χ2n) is 4.33. The van der Waals surface area contributed by atoms with E-state index in [2.05, 4.69) is 5.32 Å². The van der Waals surface area contributed by atoms with Gasteiger partial charge in [-0.3, -0.25) is 0 Å². The van der Waals surface area contributed by atoms with Crippen LogP contribution in [0.2, 0.25) is 0 Å². The Morgan fingerprint density at radius 3 is 2.68 bits per heavy atom. The van der Waals surface area contributed by atoms with Crippen molar-refractivity contribution in [1.29, 1.82) is 0 Å². The molecule has 1 aromatic carbocycles. The van der Waals surface area contributed by atoms with Gasteiger partial charge >= 0.3 is 5.97 Å². The summed E-state index contributed by atoms with van der Waals surface area (Å²) < 4.78 is 18.7. The molecular formula is C14H14FNO3. The summed E-state index contributed by atoms with van der Waals surface area (Å²) in [4.78, 5) is 10.8. The largest absolute Gasteiger partial charge is 0.475 e. The van der Waals surface area contributed by atoms with Gasteiger partial charge in [0.15, 0.2) is 0 Å². The maximum Gasteiger partial charge on any atom is 0.371 e. The van der Waals surface area contributed by atoms with Crippen LogP contribution < -0.4 is 5.32 Å². The van der Waals surface area contributed by atoms with Crippen molar-refractivity contribution in [2.24, 2.45) is 0 Å². The molecule has 0 aliphatic heterocycles. The van der Waals surface area contributed by atoms with E-state index in [4.69, 9.17) is 9.52 Å². The van der Waals surface area contributed by atoms with Gasteiger partial charge in [0.2, 0.25) is 5.76 Å². The number of anilines is 1. The molecule has 1 aromatic heterocycles. The van der Waals surface area contributed by atoms with Gasteiger partial charge in [0.25, 0.3) is 0 Å². The number of aromatic carboxylic acids is 1. The van der Waals surface area contributed by atoms with Crippen molar-refractivity contribution in [3.8, 4) is 0 Å². The lowest BCUT2D eigenvalue weighted by Crippen LogP contribution is -2.02. The minimum Gasteiger partial charge on any atom is -0.475 e. The van der Waals surface area contributed by atoms with Gasteiger partial charge in [-0.05, 0) is 37.6 Å². The van der Waals surface area contributed by atoms with Gasteiger partial charge in [-0.2, -0.15) is 0 Å². The minimum absolute atomic E-state index is 0.112. The van der Waals surface area contributed by atoms with Crippen LogP contribution in [0.4, 0.5) is 10.1 Å². The van der Waals surface area contributed by atoms with Crippen molar-refractivity contribution in [3.05, 3.63) is 52.7 Å². The van der Waals surface area contributed by atoms with E-state index in [0.29, 0.717) is 23.6 Å². The Morgan fingerprint density at radius 2 is 2.11 bits per heavy atom. The Labute approximate surface area is 109 Å². The number of benzene rings is 1. The highest BCUT2D eigenvalue weighted by molar-refractivity contribution is 5.84. The molecule has 2 aromatic rings. The summed E-state index contributed by atoms with van der Waals surface area (Å²) in [6.07, 6.45) is 0. The van der Waals surface area contributed by atoms with Crippen LogP contribution in [0.3, 0.4) is 0 Å². The smallest absolute Gasteiger partial charge is 0.371 e. The van der Waals surface area contributed by atoms with Crippen LogP contribution in [0.5, 0.6) is 0 Å². The fourth-order valence-electron chi connectivity index (χ4n) is 1.75. The average molecular weight is 263 g/mol. The van der Waals surface area contributed by atoms with Crippen molar-refractivity contribution in [3.63, 3.8) is 0 Å². The lowest BCUT2D eigenvalue weighted by atomic mass is 10.2. The summed E-state index contributed by atoms with van der Waals surface area (Å²) in [6, 6.07) is 6.33. The van der Waals surface area contributed by atoms with Gasteiger partial charge < -0.3 is 14.8 Å². The second kappa shape index (κ2) is 5.14. The van der Waals surface area contributed by atoms with Crippen LogP contribution in [-0.2, 0) is 6.54 Å². The zero-order valence-electron chi connectivity index (χ0n) is 10.7. The quantitative estimate of drug-likeness (QED) is 0.888. The van der Waals surface area contributed by atoms with Gasteiger partial charge in [-0.1, -0.05) is 6.07 Å². The lowest BCUT2D eigenvalue weighted by Gasteiger charge is -2.07. The maximum atomic E-state index is 13.6. The fraction of sp³-hybridized carbons (Fsp3) is 0.214. The zero-order valence-corrected chi connectivity index (χ0v) is 10.7. The Morgan fingerprint density at radius 1 is 1.37 bits per heavy atom. The molecule has 2 N–H and O–H groups in total. The molecule has 0 amide bonds. The third-order valence-electron chi connectivity index (χ3n) is 2.83. The number of carbonyl (C=O) groups is 1. The van der Waals surface area contributed by atoms with Crippen LogP contribution >= 0.6 is 0 Å². The Kier molecular flexibility index (Phi) is 3.55. The van der Waals surface area contributed by atoms with Crippen LogP contribution in [-0.4, -0.2) is 11.1 Å². The van der Waals surface area contributed by atoms with Crippen LogP contribution in [0.1, 0.15) is 27.4 Å². The van der Waals surface area contributed by atoms with Crippen LogP contribution in [0, 0.1) is 19.7 Å². The number of rotatable bonds is 4. The van der Waals surface area contributed by atoms with Gasteiger partial charge in [-0.15, -0.1) is 0 Å². The minimum atomic E-state index is -1.11. The number of carboxylic acids is 1. The van der Waals surface area contributed by atoms with E-state index in [1.165, 1.54) is 12.1 Å². The summed E-state index contributed by atoms with van der Waals surface area (Å²) in [7, 11) is 0. The Balaban J connectivity index is 2.12. The van der Waals surface area contributed by atoms with Gasteiger partial charge in [0, 0.05) is 12.1 Å². The summed E-state index contributed by atoms with van der Waals surface area (Å²) in [5.41, 5.74) is 1.91. The first-order valence-corrected chi connectivity index (χ1v) is 5.80. The number of nitrogens with one attached hydrogen (secondary N) is 1. The molecule has 0 fully saturated rings. The summed E-state index contributed by atoms with van der Waals surface area (Å²) in [6.45, 7) is 3.80. The molecule has 4 nitrogen and oxygen atoms in total. The molecule has 0 aliphatic rings. The highest BCUT2D eigenvalue weighted by Gasteiger charge is 2.13. The first-order valence-electron chi connectivity index (χ1n) is 5.80. The highest BCUT2D eigenvalue weighted by atomic mass is 19.1. The molecule has 0 unspecified atom stereocenters. The first-order chi connectivity index (χ1) is 8.97. The predicted molar refractivity (Wildman–Crippen MR) is 68.9 cm³/mol. The Hall–Kier alpha value is -2.30. The number of halogens is 1. The number of furan rings is 1. The van der Waals surface area contributed by atoms with Crippen molar-refractivity contribution in [2.45, 2.75) is 20.4 Å². The van der Waals surface area contributed by atoms with E-state index in [-0.39, 0.29) is 11.6 Å². The van der Waals surface area contributed by atoms with E-state index in [1.54, 1.807) is 19.1 Å². The number of aryl methyl sites for hydroxylation is 2. The molecular weight excluding hydrogens is 249 g/mol. The zero-order chi connectivity index (χ0) is 14.0. The normalized spacial score (nSPS) is 10.5. The SMILES string of the molecule is Cc1ccc(NCc2cc(C(=O)O)oc2C)c(F)c1. The van der Waals surface area contributed by atoms with E-state index >= 15 is 0 Å². The molecule has 0 saturated carbocycles. The van der Waals surface area contributed by atoms with Gasteiger partial charge in [0.1, 0.15) is 11.6 Å². The fourth-order valence-corrected chi connectivity index (χ4v) is 1.75. The Bertz CT molecular complexity index is 619. The van der Waals surface area contributed by atoms with E-state index in [9.17, 15) is 9.18 Å². The number of hydrogen-bond acceptors (Lipinski definition) is 3. The van der Waals surface area contributed by atoms with E-state index < -0.39 is 5.97 Å². The molecule has 2 rings (SSSR count). The molecule has 0 aliphatic carbocycles. The van der Waals surface area contributed by atoms with Crippen molar-refractivity contribution >= 4 is 11.7 Å². The molecule has 100 valence electrons. The van der Waals surface area contributed by atoms with Gasteiger partial charge in [0.05, 0.1) is 5.69 Å². The number of hydrogen-bond donors (Lipinski definition) is 2. The monoisotopic (exact) mass is 263 g/mol. The molecule has 0 saturated heterocycles. The summed E-state index contributed by atoms with van der Waals surface area (Å²) >= 11 is 0. The lowest BCUT2D eigenvalue weighted by molar-refractivity contribution is 0.0661. The van der Waals surface area contributed by atoms with E-state index in [0.717, 1.165) is 5.56 Å². The maximum absolute atomic E-state index is 13.6. The second-order valence-corrected chi connectivity index (χ2v) is 4.33. The van der Waals surface area contributed by atoms with E-state index in [1.807, 2.05) is 6.92 Å². The van der Waals surface area contributed by atoms with Crippen LogP contribution in [0.15, 0.2) is 28.7 Å². The third kappa shape index (κ3) is 2.93. The molecule has 0 radical (unpaired) electrons. The van der Waals surface area contributed by atoms with Crippen LogP contribution in [0.25, 0.3) is 0 Å². The predicted octanol–water partition coefficient (Wildman–Crippen LogP) is 3.35.